The Kier molecular flexibility index (Phi) is 10.4. The maximum absolute atomic E-state index is 2.61. The molecule has 15 heavy (non-hydrogen) atoms. The molecule has 0 aliphatic heterocycles. The highest BCUT2D eigenvalue weighted by atomic mass is 15.3. The second-order valence-electron chi connectivity index (χ2n) is 4.27. The van der Waals surface area contributed by atoms with E-state index in [-0.39, 0.29) is 0 Å². The van der Waals surface area contributed by atoms with E-state index in [1.54, 1.807) is 0 Å². The molecule has 0 aliphatic rings. The first-order chi connectivity index (χ1) is 7.28. The number of rotatable bonds is 10. The Labute approximate surface area is 96.6 Å². The predicted molar refractivity (Wildman–Crippen MR) is 69.2 cm³/mol. The zero-order valence-electron chi connectivity index (χ0n) is 11.3. The molecule has 0 fully saturated rings. The monoisotopic (exact) mass is 214 g/mol. The van der Waals surface area contributed by atoms with E-state index >= 15 is 0 Å². The molecule has 0 aliphatic carbocycles. The van der Waals surface area contributed by atoms with Crippen molar-refractivity contribution in [3.8, 4) is 0 Å². The molecule has 2 heteroatoms. The van der Waals surface area contributed by atoms with Crippen molar-refractivity contribution in [1.82, 2.24) is 9.80 Å². The SMILES string of the molecule is CCCCN(CCCC)CN(CC)CC. The Balaban J connectivity index is 3.86. The van der Waals surface area contributed by atoms with Crippen LogP contribution in [-0.2, 0) is 0 Å². The molecule has 92 valence electrons. The van der Waals surface area contributed by atoms with Gasteiger partial charge in [-0.2, -0.15) is 0 Å². The number of unbranched alkanes of at least 4 members (excludes halogenated alkanes) is 2. The first-order valence-corrected chi connectivity index (χ1v) is 6.73. The van der Waals surface area contributed by atoms with Crippen LogP contribution in [0.5, 0.6) is 0 Å². The summed E-state index contributed by atoms with van der Waals surface area (Å²) in [6.07, 6.45) is 5.29. The predicted octanol–water partition coefficient (Wildman–Crippen LogP) is 3.19. The minimum Gasteiger partial charge on any atom is -0.291 e. The van der Waals surface area contributed by atoms with Gasteiger partial charge in [0, 0.05) is 0 Å². The van der Waals surface area contributed by atoms with Crippen LogP contribution in [0.2, 0.25) is 0 Å². The molecule has 0 amide bonds. The molecular formula is C13H30N2. The lowest BCUT2D eigenvalue weighted by Crippen LogP contribution is -2.38. The Hall–Kier alpha value is -0.0800. The van der Waals surface area contributed by atoms with Gasteiger partial charge in [-0.05, 0) is 39.0 Å². The maximum Gasteiger partial charge on any atom is 0.0505 e. The molecular weight excluding hydrogens is 184 g/mol. The van der Waals surface area contributed by atoms with E-state index < -0.39 is 0 Å². The van der Waals surface area contributed by atoms with E-state index in [0.29, 0.717) is 0 Å². The summed E-state index contributed by atoms with van der Waals surface area (Å²) >= 11 is 0. The minimum atomic E-state index is 1.16. The van der Waals surface area contributed by atoms with Crippen LogP contribution in [0, 0.1) is 0 Å². The number of hydrogen-bond donors (Lipinski definition) is 0. The fraction of sp³-hybridized carbons (Fsp3) is 1.00. The van der Waals surface area contributed by atoms with Crippen LogP contribution in [0.4, 0.5) is 0 Å². The van der Waals surface area contributed by atoms with Crippen molar-refractivity contribution in [3.05, 3.63) is 0 Å². The van der Waals surface area contributed by atoms with Gasteiger partial charge in [0.1, 0.15) is 0 Å². The summed E-state index contributed by atoms with van der Waals surface area (Å²) in [6, 6.07) is 0. The topological polar surface area (TPSA) is 6.48 Å². The standard InChI is InChI=1S/C13H30N2/c1-5-9-11-15(12-10-6-2)13-14(7-3)8-4/h5-13H2,1-4H3. The van der Waals surface area contributed by atoms with Gasteiger partial charge in [0.2, 0.25) is 0 Å². The Bertz CT molecular complexity index is 114. The molecule has 0 aromatic carbocycles. The van der Waals surface area contributed by atoms with E-state index in [2.05, 4.69) is 37.5 Å². The van der Waals surface area contributed by atoms with E-state index in [0.717, 1.165) is 6.67 Å². The van der Waals surface area contributed by atoms with Crippen LogP contribution >= 0.6 is 0 Å². The van der Waals surface area contributed by atoms with Crippen molar-refractivity contribution in [2.45, 2.75) is 53.4 Å². The van der Waals surface area contributed by atoms with Gasteiger partial charge in [0.25, 0.3) is 0 Å². The first-order valence-electron chi connectivity index (χ1n) is 6.73. The molecule has 0 aromatic rings. The first kappa shape index (κ1) is 14.9. The summed E-state index contributed by atoms with van der Waals surface area (Å²) in [5.41, 5.74) is 0. The Morgan fingerprint density at radius 2 is 1.13 bits per heavy atom. The molecule has 0 saturated heterocycles. The van der Waals surface area contributed by atoms with Crippen LogP contribution in [0.3, 0.4) is 0 Å². The lowest BCUT2D eigenvalue weighted by molar-refractivity contribution is 0.138. The van der Waals surface area contributed by atoms with E-state index in [1.165, 1.54) is 51.9 Å². The van der Waals surface area contributed by atoms with Crippen molar-refractivity contribution in [2.24, 2.45) is 0 Å². The van der Waals surface area contributed by atoms with Gasteiger partial charge in [0.15, 0.2) is 0 Å². The van der Waals surface area contributed by atoms with Crippen LogP contribution in [0.15, 0.2) is 0 Å². The fourth-order valence-electron chi connectivity index (χ4n) is 1.72. The highest BCUT2D eigenvalue weighted by Gasteiger charge is 2.07. The van der Waals surface area contributed by atoms with Crippen LogP contribution in [-0.4, -0.2) is 42.6 Å². The van der Waals surface area contributed by atoms with Crippen LogP contribution in [0.1, 0.15) is 53.4 Å². The lowest BCUT2D eigenvalue weighted by Gasteiger charge is -2.28. The average Bonchev–Trinajstić information content (AvgIpc) is 2.28. The second-order valence-corrected chi connectivity index (χ2v) is 4.27. The summed E-state index contributed by atoms with van der Waals surface area (Å²) in [6.45, 7) is 15.1. The molecule has 0 N–H and O–H groups in total. The summed E-state index contributed by atoms with van der Waals surface area (Å²) in [7, 11) is 0. The number of hydrogen-bond acceptors (Lipinski definition) is 2. The molecule has 0 heterocycles. The highest BCUT2D eigenvalue weighted by Crippen LogP contribution is 2.01. The lowest BCUT2D eigenvalue weighted by atomic mass is 10.3. The van der Waals surface area contributed by atoms with Gasteiger partial charge in [-0.15, -0.1) is 0 Å². The number of nitrogens with zero attached hydrogens (tertiary/aromatic N) is 2. The fourth-order valence-corrected chi connectivity index (χ4v) is 1.72. The average molecular weight is 214 g/mol. The van der Waals surface area contributed by atoms with E-state index in [1.807, 2.05) is 0 Å². The summed E-state index contributed by atoms with van der Waals surface area (Å²) in [5, 5.41) is 0. The molecule has 2 nitrogen and oxygen atoms in total. The van der Waals surface area contributed by atoms with Gasteiger partial charge in [-0.3, -0.25) is 9.80 Å². The van der Waals surface area contributed by atoms with Gasteiger partial charge in [-0.25, -0.2) is 0 Å². The Morgan fingerprint density at radius 3 is 1.47 bits per heavy atom. The molecule has 0 aromatic heterocycles. The molecule has 0 bridgehead atoms. The molecule has 0 atom stereocenters. The van der Waals surface area contributed by atoms with Crippen LogP contribution in [0.25, 0.3) is 0 Å². The largest absolute Gasteiger partial charge is 0.291 e. The third-order valence-electron chi connectivity index (χ3n) is 2.95. The van der Waals surface area contributed by atoms with Crippen molar-refractivity contribution >= 4 is 0 Å². The maximum atomic E-state index is 2.61. The van der Waals surface area contributed by atoms with Crippen molar-refractivity contribution in [3.63, 3.8) is 0 Å². The van der Waals surface area contributed by atoms with Gasteiger partial charge in [0.05, 0.1) is 6.67 Å². The van der Waals surface area contributed by atoms with Crippen molar-refractivity contribution in [1.29, 1.82) is 0 Å². The summed E-state index contributed by atoms with van der Waals surface area (Å²) in [5.74, 6) is 0. The smallest absolute Gasteiger partial charge is 0.0505 e. The molecule has 0 spiro atoms. The van der Waals surface area contributed by atoms with Crippen molar-refractivity contribution in [2.75, 3.05) is 32.8 Å². The van der Waals surface area contributed by atoms with E-state index in [9.17, 15) is 0 Å². The molecule has 0 radical (unpaired) electrons. The van der Waals surface area contributed by atoms with Crippen molar-refractivity contribution < 1.29 is 0 Å². The normalized spacial score (nSPS) is 11.6. The van der Waals surface area contributed by atoms with Gasteiger partial charge >= 0.3 is 0 Å². The van der Waals surface area contributed by atoms with E-state index in [4.69, 9.17) is 0 Å². The molecule has 0 rings (SSSR count). The zero-order valence-corrected chi connectivity index (χ0v) is 11.3. The molecule has 0 unspecified atom stereocenters. The summed E-state index contributed by atoms with van der Waals surface area (Å²) in [4.78, 5) is 5.12. The quantitative estimate of drug-likeness (QED) is 0.515. The Morgan fingerprint density at radius 1 is 0.667 bits per heavy atom. The van der Waals surface area contributed by atoms with Gasteiger partial charge < -0.3 is 0 Å². The third-order valence-corrected chi connectivity index (χ3v) is 2.95. The van der Waals surface area contributed by atoms with Gasteiger partial charge in [-0.1, -0.05) is 40.5 Å². The zero-order chi connectivity index (χ0) is 11.5. The molecule has 0 saturated carbocycles. The minimum absolute atomic E-state index is 1.16. The summed E-state index contributed by atoms with van der Waals surface area (Å²) < 4.78 is 0. The second kappa shape index (κ2) is 10.4. The third kappa shape index (κ3) is 7.80. The highest BCUT2D eigenvalue weighted by molar-refractivity contribution is 4.59. The van der Waals surface area contributed by atoms with Crippen LogP contribution < -0.4 is 0 Å².